The number of benzene rings is 2. The third kappa shape index (κ3) is 5.37. The predicted octanol–water partition coefficient (Wildman–Crippen LogP) is 3.05. The summed E-state index contributed by atoms with van der Waals surface area (Å²) in [4.78, 5) is 34.2. The fourth-order valence-electron chi connectivity index (χ4n) is 2.01. The van der Waals surface area contributed by atoms with Gasteiger partial charge in [0.15, 0.2) is 0 Å². The largest absolute Gasteiger partial charge is 0.507 e. The highest BCUT2D eigenvalue weighted by Gasteiger charge is 2.21. The summed E-state index contributed by atoms with van der Waals surface area (Å²) in [5.74, 6) is -0.872. The number of non-ortho nitro benzene ring substituents is 1. The Morgan fingerprint density at radius 3 is 2.36 bits per heavy atom. The Labute approximate surface area is 161 Å². The van der Waals surface area contributed by atoms with Crippen LogP contribution in [0.4, 0.5) is 11.4 Å². The number of carbonyl (C=O) groups excluding carboxylic acids is 2. The molecule has 2 amide bonds. The molecule has 2 rings (SSSR count). The van der Waals surface area contributed by atoms with Crippen molar-refractivity contribution >= 4 is 29.4 Å². The molecule has 146 valence electrons. The number of nitro groups is 1. The van der Waals surface area contributed by atoms with Gasteiger partial charge in [0.2, 0.25) is 5.91 Å². The monoisotopic (exact) mass is 384 g/mol. The third-order valence-electron chi connectivity index (χ3n) is 3.68. The van der Waals surface area contributed by atoms with E-state index in [0.29, 0.717) is 11.3 Å². The summed E-state index contributed by atoms with van der Waals surface area (Å²) < 4.78 is 0. The van der Waals surface area contributed by atoms with E-state index in [1.54, 1.807) is 32.9 Å². The maximum Gasteiger partial charge on any atom is 0.271 e. The molecule has 28 heavy (non-hydrogen) atoms. The highest BCUT2D eigenvalue weighted by molar-refractivity contribution is 5.97. The highest BCUT2D eigenvalue weighted by atomic mass is 16.6. The number of anilines is 1. The number of carbonyl (C=O) groups is 2. The molecule has 9 heteroatoms. The number of aromatic hydroxyl groups is 1. The number of hydrazone groups is 1. The van der Waals surface area contributed by atoms with Crippen molar-refractivity contribution < 1.29 is 19.6 Å². The van der Waals surface area contributed by atoms with E-state index in [4.69, 9.17) is 0 Å². The molecule has 2 aromatic rings. The maximum absolute atomic E-state index is 12.1. The Bertz CT molecular complexity index is 930. The van der Waals surface area contributed by atoms with E-state index < -0.39 is 16.2 Å². The van der Waals surface area contributed by atoms with Crippen LogP contribution in [0.15, 0.2) is 47.6 Å². The molecule has 0 aromatic heterocycles. The van der Waals surface area contributed by atoms with Gasteiger partial charge in [0.25, 0.3) is 11.6 Å². The topological polar surface area (TPSA) is 134 Å². The summed E-state index contributed by atoms with van der Waals surface area (Å²) in [5.41, 5.74) is 2.47. The molecule has 9 nitrogen and oxygen atoms in total. The molecule has 0 unspecified atom stereocenters. The number of phenolic OH excluding ortho intramolecular Hbond substituents is 1. The Kier molecular flexibility index (Phi) is 6.09. The first-order valence-corrected chi connectivity index (χ1v) is 8.30. The summed E-state index contributed by atoms with van der Waals surface area (Å²) in [5, 5.41) is 26.9. The maximum atomic E-state index is 12.1. The van der Waals surface area contributed by atoms with Gasteiger partial charge >= 0.3 is 0 Å². The van der Waals surface area contributed by atoms with Gasteiger partial charge in [-0.3, -0.25) is 19.7 Å². The van der Waals surface area contributed by atoms with Gasteiger partial charge in [-0.1, -0.05) is 20.8 Å². The van der Waals surface area contributed by atoms with Crippen LogP contribution in [0.25, 0.3) is 0 Å². The first kappa shape index (κ1) is 20.6. The lowest BCUT2D eigenvalue weighted by Gasteiger charge is -2.17. The molecule has 0 aliphatic rings. The summed E-state index contributed by atoms with van der Waals surface area (Å²) in [6, 6.07) is 9.69. The van der Waals surface area contributed by atoms with Gasteiger partial charge in [0, 0.05) is 34.4 Å². The fourth-order valence-corrected chi connectivity index (χ4v) is 2.01. The molecule has 0 fully saturated rings. The molecule has 0 saturated carbocycles. The normalized spacial score (nSPS) is 11.2. The van der Waals surface area contributed by atoms with Gasteiger partial charge in [-0.05, 0) is 30.3 Å². The average molecular weight is 384 g/mol. The molecule has 0 heterocycles. The zero-order valence-electron chi connectivity index (χ0n) is 15.6. The Morgan fingerprint density at radius 1 is 1.14 bits per heavy atom. The number of nitrogens with one attached hydrogen (secondary N) is 2. The van der Waals surface area contributed by atoms with Crippen LogP contribution in [-0.4, -0.2) is 28.1 Å². The van der Waals surface area contributed by atoms with Crippen molar-refractivity contribution in [2.45, 2.75) is 20.8 Å². The first-order valence-electron chi connectivity index (χ1n) is 8.30. The van der Waals surface area contributed by atoms with E-state index in [9.17, 15) is 24.8 Å². The average Bonchev–Trinajstić information content (AvgIpc) is 2.62. The van der Waals surface area contributed by atoms with Gasteiger partial charge in [-0.25, -0.2) is 5.43 Å². The second-order valence-corrected chi connectivity index (χ2v) is 6.98. The molecule has 3 N–H and O–H groups in total. The smallest absolute Gasteiger partial charge is 0.271 e. The number of hydrogen-bond acceptors (Lipinski definition) is 6. The van der Waals surface area contributed by atoms with E-state index in [1.165, 1.54) is 18.2 Å². The lowest BCUT2D eigenvalue weighted by atomic mass is 9.95. The molecule has 0 bridgehead atoms. The SMILES string of the molecule is CC(C)(C)C(=O)Nc1ccc(C(=O)N/N=C\c2cc([N+](=O)[O-])ccc2O)cc1. The van der Waals surface area contributed by atoms with E-state index in [2.05, 4.69) is 15.8 Å². The minimum Gasteiger partial charge on any atom is -0.507 e. The molecular formula is C19H20N4O5. The summed E-state index contributed by atoms with van der Waals surface area (Å²) >= 11 is 0. The molecule has 0 aliphatic heterocycles. The number of hydrogen-bond donors (Lipinski definition) is 3. The molecule has 0 saturated heterocycles. The summed E-state index contributed by atoms with van der Waals surface area (Å²) in [6.45, 7) is 5.38. The third-order valence-corrected chi connectivity index (χ3v) is 3.68. The number of nitrogens with zero attached hydrogens (tertiary/aromatic N) is 2. The number of phenols is 1. The molecule has 0 spiro atoms. The van der Waals surface area contributed by atoms with Crippen LogP contribution in [0.5, 0.6) is 5.75 Å². The van der Waals surface area contributed by atoms with Gasteiger partial charge in [-0.15, -0.1) is 0 Å². The minimum atomic E-state index is -0.602. The summed E-state index contributed by atoms with van der Waals surface area (Å²) in [6.07, 6.45) is 1.11. The van der Waals surface area contributed by atoms with Crippen molar-refractivity contribution in [2.24, 2.45) is 10.5 Å². The fraction of sp³-hybridized carbons (Fsp3) is 0.211. The lowest BCUT2D eigenvalue weighted by Crippen LogP contribution is -2.27. The summed E-state index contributed by atoms with van der Waals surface area (Å²) in [7, 11) is 0. The zero-order chi connectivity index (χ0) is 20.9. The molecule has 2 aromatic carbocycles. The second kappa shape index (κ2) is 8.30. The highest BCUT2D eigenvalue weighted by Crippen LogP contribution is 2.21. The second-order valence-electron chi connectivity index (χ2n) is 6.98. The van der Waals surface area contributed by atoms with Crippen LogP contribution < -0.4 is 10.7 Å². The predicted molar refractivity (Wildman–Crippen MR) is 104 cm³/mol. The number of nitro benzene ring substituents is 1. The first-order chi connectivity index (χ1) is 13.1. The van der Waals surface area contributed by atoms with Crippen molar-refractivity contribution in [2.75, 3.05) is 5.32 Å². The van der Waals surface area contributed by atoms with Gasteiger partial charge in [0.05, 0.1) is 11.1 Å². The Morgan fingerprint density at radius 2 is 1.79 bits per heavy atom. The number of rotatable bonds is 5. The lowest BCUT2D eigenvalue weighted by molar-refractivity contribution is -0.384. The van der Waals surface area contributed by atoms with E-state index in [1.807, 2.05) is 0 Å². The Hall–Kier alpha value is -3.75. The molecule has 0 aliphatic carbocycles. The standard InChI is InChI=1S/C19H20N4O5/c1-19(2,3)18(26)21-14-6-4-12(5-7-14)17(25)22-20-11-13-10-15(23(27)28)8-9-16(13)24/h4-11,24H,1-3H3,(H,21,26)(H,22,25)/b20-11-. The van der Waals surface area contributed by atoms with Gasteiger partial charge in [-0.2, -0.15) is 5.10 Å². The van der Waals surface area contributed by atoms with Crippen molar-refractivity contribution in [1.82, 2.24) is 5.43 Å². The van der Waals surface area contributed by atoms with Crippen LogP contribution >= 0.6 is 0 Å². The van der Waals surface area contributed by atoms with Crippen molar-refractivity contribution in [1.29, 1.82) is 0 Å². The van der Waals surface area contributed by atoms with Gasteiger partial charge < -0.3 is 10.4 Å². The molecular weight excluding hydrogens is 364 g/mol. The minimum absolute atomic E-state index is 0.0924. The van der Waals surface area contributed by atoms with E-state index in [-0.39, 0.29) is 22.9 Å². The van der Waals surface area contributed by atoms with Crippen LogP contribution in [0, 0.1) is 15.5 Å². The molecule has 0 radical (unpaired) electrons. The quantitative estimate of drug-likeness (QED) is 0.414. The molecule has 0 atom stereocenters. The van der Waals surface area contributed by atoms with Crippen LogP contribution in [-0.2, 0) is 4.79 Å². The van der Waals surface area contributed by atoms with Gasteiger partial charge in [0.1, 0.15) is 5.75 Å². The number of amides is 2. The van der Waals surface area contributed by atoms with Crippen molar-refractivity contribution in [3.8, 4) is 5.75 Å². The Balaban J connectivity index is 2.02. The van der Waals surface area contributed by atoms with E-state index >= 15 is 0 Å². The van der Waals surface area contributed by atoms with Crippen LogP contribution in [0.2, 0.25) is 0 Å². The van der Waals surface area contributed by atoms with Crippen molar-refractivity contribution in [3.63, 3.8) is 0 Å². The van der Waals surface area contributed by atoms with Crippen molar-refractivity contribution in [3.05, 3.63) is 63.7 Å². The van der Waals surface area contributed by atoms with Crippen LogP contribution in [0.1, 0.15) is 36.7 Å². The zero-order valence-corrected chi connectivity index (χ0v) is 15.6. The van der Waals surface area contributed by atoms with E-state index in [0.717, 1.165) is 18.3 Å². The van der Waals surface area contributed by atoms with Crippen LogP contribution in [0.3, 0.4) is 0 Å².